The average Bonchev–Trinajstić information content (AvgIpc) is 2.65. The molecule has 1 saturated heterocycles. The normalized spacial score (nSPS) is 31.4. The maximum absolute atomic E-state index is 10.5. The second-order valence-electron chi connectivity index (χ2n) is 5.31. The summed E-state index contributed by atoms with van der Waals surface area (Å²) in [5.41, 5.74) is -0.359. The van der Waals surface area contributed by atoms with E-state index in [0.29, 0.717) is 6.10 Å². The minimum atomic E-state index is -0.359. The zero-order valence-electron chi connectivity index (χ0n) is 9.71. The summed E-state index contributed by atoms with van der Waals surface area (Å²) in [4.78, 5) is 0. The minimum Gasteiger partial charge on any atom is -0.390 e. The van der Waals surface area contributed by atoms with Gasteiger partial charge in [0, 0.05) is 6.61 Å². The molecule has 0 aromatic heterocycles. The highest BCUT2D eigenvalue weighted by Gasteiger charge is 2.29. The largest absolute Gasteiger partial charge is 0.390 e. The van der Waals surface area contributed by atoms with Crippen LogP contribution in [0.2, 0.25) is 0 Å². The zero-order chi connectivity index (χ0) is 10.6. The third-order valence-corrected chi connectivity index (χ3v) is 3.99. The first kappa shape index (κ1) is 11.4. The predicted octanol–water partition coefficient (Wildman–Crippen LogP) is 3.03. The Morgan fingerprint density at radius 2 is 1.80 bits per heavy atom. The molecule has 2 rings (SSSR count). The fourth-order valence-electron chi connectivity index (χ4n) is 2.94. The predicted molar refractivity (Wildman–Crippen MR) is 60.9 cm³/mol. The fraction of sp³-hybridized carbons (Fsp3) is 1.00. The molecule has 2 aliphatic rings. The van der Waals surface area contributed by atoms with Crippen molar-refractivity contribution in [2.75, 3.05) is 6.61 Å². The van der Waals surface area contributed by atoms with Crippen LogP contribution in [-0.2, 0) is 4.74 Å². The molecule has 1 saturated carbocycles. The van der Waals surface area contributed by atoms with E-state index in [1.54, 1.807) is 0 Å². The van der Waals surface area contributed by atoms with Crippen molar-refractivity contribution in [2.45, 2.75) is 75.9 Å². The Hall–Kier alpha value is -0.0800. The van der Waals surface area contributed by atoms with Crippen LogP contribution in [-0.4, -0.2) is 23.4 Å². The van der Waals surface area contributed by atoms with Gasteiger partial charge in [-0.2, -0.15) is 0 Å². The summed E-state index contributed by atoms with van der Waals surface area (Å²) in [5.74, 6) is 0. The summed E-state index contributed by atoms with van der Waals surface area (Å²) < 4.78 is 5.61. The highest BCUT2D eigenvalue weighted by Crippen LogP contribution is 2.32. The van der Waals surface area contributed by atoms with E-state index in [2.05, 4.69) is 0 Å². The molecule has 0 amide bonds. The molecular weight excluding hydrogens is 188 g/mol. The van der Waals surface area contributed by atoms with Gasteiger partial charge in [-0.1, -0.05) is 25.7 Å². The van der Waals surface area contributed by atoms with Crippen LogP contribution in [0.25, 0.3) is 0 Å². The number of rotatable bonds is 3. The van der Waals surface area contributed by atoms with E-state index in [1.807, 2.05) is 0 Å². The van der Waals surface area contributed by atoms with Crippen molar-refractivity contribution in [1.29, 1.82) is 0 Å². The maximum Gasteiger partial charge on any atom is 0.0648 e. The average molecular weight is 212 g/mol. The van der Waals surface area contributed by atoms with Gasteiger partial charge in [-0.25, -0.2) is 0 Å². The van der Waals surface area contributed by atoms with Crippen LogP contribution in [0.1, 0.15) is 64.2 Å². The molecule has 0 bridgehead atoms. The Bertz CT molecular complexity index is 177. The molecule has 15 heavy (non-hydrogen) atoms. The number of aliphatic hydroxyl groups is 1. The molecule has 2 fully saturated rings. The SMILES string of the molecule is OC1(CCC2CCCO2)CCCCCC1. The summed E-state index contributed by atoms with van der Waals surface area (Å²) in [6.07, 6.45) is 11.9. The summed E-state index contributed by atoms with van der Waals surface area (Å²) in [6.45, 7) is 0.934. The second kappa shape index (κ2) is 5.31. The fourth-order valence-corrected chi connectivity index (χ4v) is 2.94. The molecule has 1 aliphatic carbocycles. The summed E-state index contributed by atoms with van der Waals surface area (Å²) >= 11 is 0. The van der Waals surface area contributed by atoms with Gasteiger partial charge < -0.3 is 9.84 Å². The highest BCUT2D eigenvalue weighted by molar-refractivity contribution is 4.82. The smallest absolute Gasteiger partial charge is 0.0648 e. The monoisotopic (exact) mass is 212 g/mol. The van der Waals surface area contributed by atoms with E-state index in [4.69, 9.17) is 4.74 Å². The minimum absolute atomic E-state index is 0.359. The Morgan fingerprint density at radius 1 is 1.07 bits per heavy atom. The van der Waals surface area contributed by atoms with E-state index >= 15 is 0 Å². The summed E-state index contributed by atoms with van der Waals surface area (Å²) in [7, 11) is 0. The van der Waals surface area contributed by atoms with Gasteiger partial charge in [0.15, 0.2) is 0 Å². The standard InChI is InChI=1S/C13H24O2/c14-13(8-3-1-2-4-9-13)10-7-12-6-5-11-15-12/h12,14H,1-11H2. The molecule has 0 radical (unpaired) electrons. The van der Waals surface area contributed by atoms with Crippen LogP contribution < -0.4 is 0 Å². The van der Waals surface area contributed by atoms with Crippen LogP contribution in [0.4, 0.5) is 0 Å². The third-order valence-electron chi connectivity index (χ3n) is 3.99. The van der Waals surface area contributed by atoms with Gasteiger partial charge in [-0.3, -0.25) is 0 Å². The first-order valence-electron chi connectivity index (χ1n) is 6.63. The number of hydrogen-bond donors (Lipinski definition) is 1. The Kier molecular flexibility index (Phi) is 4.04. The lowest BCUT2D eigenvalue weighted by molar-refractivity contribution is -0.00158. The van der Waals surface area contributed by atoms with Crippen molar-refractivity contribution in [3.05, 3.63) is 0 Å². The van der Waals surface area contributed by atoms with Gasteiger partial charge in [0.2, 0.25) is 0 Å². The van der Waals surface area contributed by atoms with Crippen molar-refractivity contribution in [1.82, 2.24) is 0 Å². The van der Waals surface area contributed by atoms with Crippen LogP contribution in [0.15, 0.2) is 0 Å². The van der Waals surface area contributed by atoms with E-state index in [-0.39, 0.29) is 5.60 Å². The van der Waals surface area contributed by atoms with Gasteiger partial charge >= 0.3 is 0 Å². The summed E-state index contributed by atoms with van der Waals surface area (Å²) in [5, 5.41) is 10.5. The number of ether oxygens (including phenoxy) is 1. The highest BCUT2D eigenvalue weighted by atomic mass is 16.5. The Balaban J connectivity index is 1.75. The van der Waals surface area contributed by atoms with Gasteiger partial charge in [-0.15, -0.1) is 0 Å². The third kappa shape index (κ3) is 3.46. The van der Waals surface area contributed by atoms with E-state index in [0.717, 1.165) is 32.3 Å². The van der Waals surface area contributed by atoms with Crippen LogP contribution in [0.3, 0.4) is 0 Å². The first-order valence-corrected chi connectivity index (χ1v) is 6.63. The first-order chi connectivity index (χ1) is 7.29. The van der Waals surface area contributed by atoms with Gasteiger partial charge in [0.05, 0.1) is 11.7 Å². The van der Waals surface area contributed by atoms with Crippen molar-refractivity contribution in [3.63, 3.8) is 0 Å². The maximum atomic E-state index is 10.5. The molecule has 0 aromatic rings. The molecule has 1 aliphatic heterocycles. The van der Waals surface area contributed by atoms with Gasteiger partial charge in [0.25, 0.3) is 0 Å². The van der Waals surface area contributed by atoms with Gasteiger partial charge in [0.1, 0.15) is 0 Å². The quantitative estimate of drug-likeness (QED) is 0.729. The lowest BCUT2D eigenvalue weighted by Gasteiger charge is -2.27. The molecule has 1 N–H and O–H groups in total. The van der Waals surface area contributed by atoms with E-state index < -0.39 is 0 Å². The molecule has 0 spiro atoms. The van der Waals surface area contributed by atoms with Crippen LogP contribution in [0.5, 0.6) is 0 Å². The van der Waals surface area contributed by atoms with Gasteiger partial charge in [-0.05, 0) is 38.5 Å². The Labute approximate surface area is 93.0 Å². The van der Waals surface area contributed by atoms with Crippen molar-refractivity contribution >= 4 is 0 Å². The molecule has 1 atom stereocenters. The van der Waals surface area contributed by atoms with E-state index in [1.165, 1.54) is 38.5 Å². The lowest BCUT2D eigenvalue weighted by atomic mass is 9.88. The molecule has 0 aromatic carbocycles. The molecular formula is C13H24O2. The Morgan fingerprint density at radius 3 is 2.40 bits per heavy atom. The van der Waals surface area contributed by atoms with Crippen molar-refractivity contribution < 1.29 is 9.84 Å². The molecule has 88 valence electrons. The topological polar surface area (TPSA) is 29.5 Å². The number of hydrogen-bond acceptors (Lipinski definition) is 2. The van der Waals surface area contributed by atoms with Crippen molar-refractivity contribution in [2.24, 2.45) is 0 Å². The second-order valence-corrected chi connectivity index (χ2v) is 5.31. The zero-order valence-corrected chi connectivity index (χ0v) is 9.71. The summed E-state index contributed by atoms with van der Waals surface area (Å²) in [6, 6.07) is 0. The van der Waals surface area contributed by atoms with Crippen LogP contribution >= 0.6 is 0 Å². The molecule has 1 heterocycles. The van der Waals surface area contributed by atoms with Crippen LogP contribution in [0, 0.1) is 0 Å². The molecule has 2 heteroatoms. The lowest BCUT2D eigenvalue weighted by Crippen LogP contribution is -2.29. The molecule has 2 nitrogen and oxygen atoms in total. The van der Waals surface area contributed by atoms with Crippen molar-refractivity contribution in [3.8, 4) is 0 Å². The molecule has 1 unspecified atom stereocenters. The van der Waals surface area contributed by atoms with E-state index in [9.17, 15) is 5.11 Å².